The molecule has 1 spiro atoms. The molecule has 0 aliphatic heterocycles. The largest absolute Gasteiger partial charge is 0.0789 e. The summed E-state index contributed by atoms with van der Waals surface area (Å²) in [6, 6.07) is 20.2. The van der Waals surface area contributed by atoms with E-state index in [0.29, 0.717) is 5.92 Å². The normalized spacial score (nSPS) is 19.9. The van der Waals surface area contributed by atoms with E-state index < -0.39 is 0 Å². The Morgan fingerprint density at radius 3 is 1.86 bits per heavy atom. The Morgan fingerprint density at radius 1 is 0.690 bits per heavy atom. The molecular formula is C29H34. The highest BCUT2D eigenvalue weighted by atomic mass is 14.5. The fraction of sp³-hybridized carbons (Fsp3) is 0.379. The lowest BCUT2D eigenvalue weighted by Crippen LogP contribution is -2.40. The van der Waals surface area contributed by atoms with E-state index in [4.69, 9.17) is 0 Å². The van der Waals surface area contributed by atoms with Crippen LogP contribution in [-0.4, -0.2) is 0 Å². The number of benzene rings is 2. The molecule has 0 radical (unpaired) electrons. The molecule has 4 rings (SSSR count). The lowest BCUT2D eigenvalue weighted by atomic mass is 9.57. The van der Waals surface area contributed by atoms with Crippen LogP contribution in [0.4, 0.5) is 0 Å². The van der Waals surface area contributed by atoms with Crippen molar-refractivity contribution in [2.75, 3.05) is 0 Å². The van der Waals surface area contributed by atoms with Crippen molar-refractivity contribution in [3.8, 4) is 0 Å². The zero-order valence-corrected chi connectivity index (χ0v) is 18.5. The number of hydrogen-bond donors (Lipinski definition) is 0. The molecule has 0 saturated carbocycles. The highest BCUT2D eigenvalue weighted by Gasteiger charge is 2.51. The van der Waals surface area contributed by atoms with E-state index >= 15 is 0 Å². The van der Waals surface area contributed by atoms with Gasteiger partial charge in [0.1, 0.15) is 0 Å². The van der Waals surface area contributed by atoms with Crippen molar-refractivity contribution in [2.24, 2.45) is 5.92 Å². The van der Waals surface area contributed by atoms with Crippen molar-refractivity contribution < 1.29 is 0 Å². The topological polar surface area (TPSA) is 0 Å². The summed E-state index contributed by atoms with van der Waals surface area (Å²) in [4.78, 5) is 0. The van der Waals surface area contributed by atoms with Gasteiger partial charge in [0.15, 0.2) is 0 Å². The second-order valence-corrected chi connectivity index (χ2v) is 8.38. The Morgan fingerprint density at radius 2 is 1.28 bits per heavy atom. The van der Waals surface area contributed by atoms with Crippen LogP contribution in [0.15, 0.2) is 83.0 Å². The molecule has 0 aromatic heterocycles. The van der Waals surface area contributed by atoms with Crippen molar-refractivity contribution in [3.63, 3.8) is 0 Å². The molecule has 0 amide bonds. The zero-order chi connectivity index (χ0) is 20.4. The second kappa shape index (κ2) is 8.19. The molecule has 2 aromatic carbocycles. The minimum Gasteiger partial charge on any atom is -0.0789 e. The maximum Gasteiger partial charge on any atom is 0.0453 e. The van der Waals surface area contributed by atoms with Gasteiger partial charge in [-0.2, -0.15) is 0 Å². The second-order valence-electron chi connectivity index (χ2n) is 8.38. The van der Waals surface area contributed by atoms with Gasteiger partial charge in [0, 0.05) is 5.41 Å². The van der Waals surface area contributed by atoms with Gasteiger partial charge >= 0.3 is 0 Å². The minimum absolute atomic E-state index is 0.0291. The van der Waals surface area contributed by atoms with E-state index in [9.17, 15) is 0 Å². The van der Waals surface area contributed by atoms with Gasteiger partial charge in [0.2, 0.25) is 0 Å². The summed E-state index contributed by atoms with van der Waals surface area (Å²) in [5.41, 5.74) is 11.1. The predicted octanol–water partition coefficient (Wildman–Crippen LogP) is 8.06. The third-order valence-electron chi connectivity index (χ3n) is 7.21. The first kappa shape index (κ1) is 20.0. The van der Waals surface area contributed by atoms with Gasteiger partial charge in [-0.15, -0.1) is 0 Å². The van der Waals surface area contributed by atoms with Crippen LogP contribution >= 0.6 is 0 Å². The third kappa shape index (κ3) is 2.96. The van der Waals surface area contributed by atoms with E-state index in [1.165, 1.54) is 16.7 Å². The van der Waals surface area contributed by atoms with Crippen LogP contribution in [0.5, 0.6) is 0 Å². The molecule has 1 atom stereocenters. The van der Waals surface area contributed by atoms with Gasteiger partial charge in [0.25, 0.3) is 0 Å². The fourth-order valence-corrected chi connectivity index (χ4v) is 6.29. The Hall–Kier alpha value is -2.34. The molecule has 0 heteroatoms. The third-order valence-corrected chi connectivity index (χ3v) is 7.21. The van der Waals surface area contributed by atoms with E-state index in [0.717, 1.165) is 32.1 Å². The summed E-state index contributed by atoms with van der Waals surface area (Å²) in [7, 11) is 0. The fourth-order valence-electron chi connectivity index (χ4n) is 6.29. The molecule has 0 heterocycles. The molecule has 0 fully saturated rings. The van der Waals surface area contributed by atoms with Gasteiger partial charge in [-0.25, -0.2) is 0 Å². The summed E-state index contributed by atoms with van der Waals surface area (Å²) in [5, 5.41) is 0. The summed E-state index contributed by atoms with van der Waals surface area (Å²) in [6.07, 6.45) is 10.5. The number of rotatable bonds is 6. The molecule has 2 aliphatic rings. The highest BCUT2D eigenvalue weighted by molar-refractivity contribution is 5.71. The zero-order valence-electron chi connectivity index (χ0n) is 18.5. The first-order chi connectivity index (χ1) is 14.2. The molecule has 0 nitrogen and oxygen atoms in total. The molecule has 150 valence electrons. The molecule has 0 bridgehead atoms. The summed E-state index contributed by atoms with van der Waals surface area (Å²) >= 11 is 0. The molecule has 2 aliphatic carbocycles. The monoisotopic (exact) mass is 382 g/mol. The average Bonchev–Trinajstić information content (AvgIpc) is 3.05. The summed E-state index contributed by atoms with van der Waals surface area (Å²) in [6.45, 7) is 9.45. The smallest absolute Gasteiger partial charge is 0.0453 e. The minimum atomic E-state index is 0.0291. The lowest BCUT2D eigenvalue weighted by molar-refractivity contribution is 0.411. The van der Waals surface area contributed by atoms with Crippen molar-refractivity contribution in [2.45, 2.75) is 65.2 Å². The Balaban J connectivity index is 2.01. The SMILES string of the molecule is CCC1=C(CC)C2(C(CC)=C1CC)c1ccccc1C=CC2Cc1ccccc1. The first-order valence-corrected chi connectivity index (χ1v) is 11.5. The van der Waals surface area contributed by atoms with Gasteiger partial charge < -0.3 is 0 Å². The molecule has 2 aromatic rings. The average molecular weight is 383 g/mol. The van der Waals surface area contributed by atoms with Crippen LogP contribution in [0.25, 0.3) is 6.08 Å². The van der Waals surface area contributed by atoms with Crippen LogP contribution in [0.3, 0.4) is 0 Å². The van der Waals surface area contributed by atoms with Crippen LogP contribution in [0, 0.1) is 5.92 Å². The van der Waals surface area contributed by atoms with E-state index in [1.807, 2.05) is 0 Å². The van der Waals surface area contributed by atoms with Crippen molar-refractivity contribution in [1.29, 1.82) is 0 Å². The highest BCUT2D eigenvalue weighted by Crippen LogP contribution is 2.60. The summed E-state index contributed by atoms with van der Waals surface area (Å²) < 4.78 is 0. The van der Waals surface area contributed by atoms with Crippen molar-refractivity contribution in [3.05, 3.63) is 99.7 Å². The van der Waals surface area contributed by atoms with Crippen molar-refractivity contribution >= 4 is 6.08 Å². The van der Waals surface area contributed by atoms with Crippen LogP contribution in [0.2, 0.25) is 0 Å². The van der Waals surface area contributed by atoms with Crippen LogP contribution < -0.4 is 0 Å². The van der Waals surface area contributed by atoms with Gasteiger partial charge in [0.05, 0.1) is 0 Å². The van der Waals surface area contributed by atoms with E-state index in [2.05, 4.69) is 94.4 Å². The Bertz CT molecular complexity index is 940. The molecule has 0 N–H and O–H groups in total. The lowest BCUT2D eigenvalue weighted by Gasteiger charge is -2.45. The van der Waals surface area contributed by atoms with E-state index in [1.54, 1.807) is 22.3 Å². The molecule has 29 heavy (non-hydrogen) atoms. The van der Waals surface area contributed by atoms with E-state index in [-0.39, 0.29) is 5.41 Å². The van der Waals surface area contributed by atoms with Crippen molar-refractivity contribution in [1.82, 2.24) is 0 Å². The Kier molecular flexibility index (Phi) is 5.63. The maximum atomic E-state index is 2.52. The first-order valence-electron chi connectivity index (χ1n) is 11.5. The number of allylic oxidation sites excluding steroid dienone is 5. The molecule has 1 unspecified atom stereocenters. The quantitative estimate of drug-likeness (QED) is 0.474. The standard InChI is InChI=1S/C29H34/c1-5-24-25(6-2)27(8-4)29(26(24)7-3)23(20-21-14-10-9-11-15-21)19-18-22-16-12-13-17-28(22)29/h9-19,23H,5-8,20H2,1-4H3. The van der Waals surface area contributed by atoms with Crippen LogP contribution in [-0.2, 0) is 11.8 Å². The molecular weight excluding hydrogens is 348 g/mol. The maximum absolute atomic E-state index is 2.52. The number of fused-ring (bicyclic) bond motifs is 2. The van der Waals surface area contributed by atoms with Crippen LogP contribution in [0.1, 0.15) is 70.1 Å². The van der Waals surface area contributed by atoms with Gasteiger partial charge in [-0.3, -0.25) is 0 Å². The Labute approximate surface area is 177 Å². The number of hydrogen-bond acceptors (Lipinski definition) is 0. The molecule has 0 saturated heterocycles. The predicted molar refractivity (Wildman–Crippen MR) is 126 cm³/mol. The summed E-state index contributed by atoms with van der Waals surface area (Å²) in [5.74, 6) is 0.468. The van der Waals surface area contributed by atoms with Gasteiger partial charge in [-0.05, 0) is 65.9 Å². The van der Waals surface area contributed by atoms with Gasteiger partial charge in [-0.1, -0.05) is 106 Å².